The Morgan fingerprint density at radius 2 is 2.14 bits per heavy atom. The van der Waals surface area contributed by atoms with Crippen molar-refractivity contribution in [2.24, 2.45) is 0 Å². The number of aromatic nitrogens is 2. The third-order valence-corrected chi connectivity index (χ3v) is 3.05. The Hall–Kier alpha value is -2.47. The van der Waals surface area contributed by atoms with Gasteiger partial charge < -0.3 is 15.4 Å². The van der Waals surface area contributed by atoms with Gasteiger partial charge in [0.15, 0.2) is 0 Å². The summed E-state index contributed by atoms with van der Waals surface area (Å²) in [7, 11) is 1.63. The highest BCUT2D eigenvalue weighted by molar-refractivity contribution is 5.92. The molecule has 1 aromatic heterocycles. The fourth-order valence-corrected chi connectivity index (χ4v) is 1.95. The van der Waals surface area contributed by atoms with E-state index in [-0.39, 0.29) is 5.91 Å². The average molecular weight is 300 g/mol. The van der Waals surface area contributed by atoms with E-state index in [2.05, 4.69) is 20.6 Å². The van der Waals surface area contributed by atoms with Gasteiger partial charge in [-0.05, 0) is 12.5 Å². The zero-order valence-corrected chi connectivity index (χ0v) is 12.8. The van der Waals surface area contributed by atoms with Crippen LogP contribution < -0.4 is 10.6 Å². The molecule has 116 valence electrons. The highest BCUT2D eigenvalue weighted by Gasteiger charge is 2.08. The summed E-state index contributed by atoms with van der Waals surface area (Å²) in [4.78, 5) is 20.2. The smallest absolute Gasteiger partial charge is 0.270 e. The number of methoxy groups -OCH3 is 1. The molecule has 22 heavy (non-hydrogen) atoms. The molecule has 0 aliphatic heterocycles. The van der Waals surface area contributed by atoms with Gasteiger partial charge in [0.1, 0.15) is 17.8 Å². The number of aryl methyl sites for hydroxylation is 1. The number of nitrogens with zero attached hydrogens (tertiary/aromatic N) is 2. The molecular formula is C16H20N4O2. The average Bonchev–Trinajstić information content (AvgIpc) is 2.53. The first-order valence-corrected chi connectivity index (χ1v) is 7.07. The van der Waals surface area contributed by atoms with E-state index >= 15 is 0 Å². The van der Waals surface area contributed by atoms with Crippen molar-refractivity contribution in [3.8, 4) is 0 Å². The second kappa shape index (κ2) is 8.09. The molecule has 2 aromatic rings. The predicted molar refractivity (Wildman–Crippen MR) is 84.7 cm³/mol. The van der Waals surface area contributed by atoms with Crippen molar-refractivity contribution in [1.82, 2.24) is 15.3 Å². The van der Waals surface area contributed by atoms with Crippen LogP contribution in [0.4, 0.5) is 5.82 Å². The third kappa shape index (κ3) is 4.82. The summed E-state index contributed by atoms with van der Waals surface area (Å²) in [5.41, 5.74) is 2.56. The van der Waals surface area contributed by atoms with E-state index < -0.39 is 0 Å². The molecule has 6 nitrogen and oxygen atoms in total. The van der Waals surface area contributed by atoms with Crippen LogP contribution in [0.2, 0.25) is 0 Å². The second-order valence-electron chi connectivity index (χ2n) is 4.88. The quantitative estimate of drug-likeness (QED) is 0.762. The first-order chi connectivity index (χ1) is 10.7. The number of carbonyl (C=O) groups excluding carboxylic acids is 1. The van der Waals surface area contributed by atoms with E-state index in [1.807, 2.05) is 31.2 Å². The lowest BCUT2D eigenvalue weighted by Crippen LogP contribution is -2.24. The summed E-state index contributed by atoms with van der Waals surface area (Å²) in [6.45, 7) is 3.68. The van der Waals surface area contributed by atoms with Crippen molar-refractivity contribution in [2.45, 2.75) is 13.5 Å². The standard InChI is InChI=1S/C16H20N4O2/c1-12-4-3-5-13(8-12)10-18-16(21)14-9-15(20-11-19-14)17-6-7-22-2/h3-5,8-9,11H,6-7,10H2,1-2H3,(H,18,21)(H,17,19,20). The van der Waals surface area contributed by atoms with Crippen LogP contribution >= 0.6 is 0 Å². The van der Waals surface area contributed by atoms with E-state index in [0.29, 0.717) is 31.2 Å². The summed E-state index contributed by atoms with van der Waals surface area (Å²) in [6.07, 6.45) is 1.37. The van der Waals surface area contributed by atoms with E-state index in [4.69, 9.17) is 4.74 Å². The molecule has 1 heterocycles. The molecule has 0 unspecified atom stereocenters. The topological polar surface area (TPSA) is 76.1 Å². The molecule has 0 aliphatic carbocycles. The van der Waals surface area contributed by atoms with Gasteiger partial charge in [0.2, 0.25) is 0 Å². The molecule has 1 amide bonds. The number of rotatable bonds is 7. The Morgan fingerprint density at radius 1 is 1.27 bits per heavy atom. The van der Waals surface area contributed by atoms with E-state index in [1.54, 1.807) is 13.2 Å². The van der Waals surface area contributed by atoms with Crippen LogP contribution in [-0.2, 0) is 11.3 Å². The lowest BCUT2D eigenvalue weighted by molar-refractivity contribution is 0.0946. The number of carbonyl (C=O) groups is 1. The van der Waals surface area contributed by atoms with Crippen molar-refractivity contribution in [2.75, 3.05) is 25.6 Å². The lowest BCUT2D eigenvalue weighted by Gasteiger charge is -2.08. The molecule has 2 rings (SSSR count). The van der Waals surface area contributed by atoms with Crippen LogP contribution in [0, 0.1) is 6.92 Å². The summed E-state index contributed by atoms with van der Waals surface area (Å²) in [5, 5.41) is 5.92. The molecule has 0 atom stereocenters. The predicted octanol–water partition coefficient (Wildman–Crippen LogP) is 1.77. The van der Waals surface area contributed by atoms with Gasteiger partial charge in [-0.2, -0.15) is 0 Å². The van der Waals surface area contributed by atoms with E-state index in [9.17, 15) is 4.79 Å². The summed E-state index contributed by atoms with van der Waals surface area (Å²) in [6, 6.07) is 9.64. The van der Waals surface area contributed by atoms with E-state index in [1.165, 1.54) is 11.9 Å². The normalized spacial score (nSPS) is 10.3. The molecule has 0 bridgehead atoms. The maximum atomic E-state index is 12.1. The van der Waals surface area contributed by atoms with Crippen LogP contribution in [0.25, 0.3) is 0 Å². The van der Waals surface area contributed by atoms with Gasteiger partial charge in [-0.15, -0.1) is 0 Å². The highest BCUT2D eigenvalue weighted by atomic mass is 16.5. The molecule has 0 saturated carbocycles. The van der Waals surface area contributed by atoms with Gasteiger partial charge in [-0.1, -0.05) is 29.8 Å². The summed E-state index contributed by atoms with van der Waals surface area (Å²) >= 11 is 0. The molecule has 6 heteroatoms. The zero-order chi connectivity index (χ0) is 15.8. The Kier molecular flexibility index (Phi) is 5.85. The Balaban J connectivity index is 1.93. The molecule has 0 radical (unpaired) electrons. The zero-order valence-electron chi connectivity index (χ0n) is 12.8. The number of amides is 1. The Morgan fingerprint density at radius 3 is 2.91 bits per heavy atom. The molecular weight excluding hydrogens is 280 g/mol. The number of benzene rings is 1. The molecule has 0 aliphatic rings. The van der Waals surface area contributed by atoms with Gasteiger partial charge in [0.25, 0.3) is 5.91 Å². The van der Waals surface area contributed by atoms with Crippen LogP contribution in [0.3, 0.4) is 0 Å². The van der Waals surface area contributed by atoms with Gasteiger partial charge in [0, 0.05) is 26.3 Å². The Bertz CT molecular complexity index is 631. The fourth-order valence-electron chi connectivity index (χ4n) is 1.95. The number of hydrogen-bond acceptors (Lipinski definition) is 5. The van der Waals surface area contributed by atoms with Crippen LogP contribution in [-0.4, -0.2) is 36.1 Å². The molecule has 0 fully saturated rings. The van der Waals surface area contributed by atoms with Crippen LogP contribution in [0.1, 0.15) is 21.6 Å². The molecule has 1 aromatic carbocycles. The summed E-state index contributed by atoms with van der Waals surface area (Å²) < 4.78 is 4.95. The monoisotopic (exact) mass is 300 g/mol. The minimum atomic E-state index is -0.223. The number of ether oxygens (including phenoxy) is 1. The van der Waals surface area contributed by atoms with Crippen molar-refractivity contribution in [1.29, 1.82) is 0 Å². The first-order valence-electron chi connectivity index (χ1n) is 7.07. The van der Waals surface area contributed by atoms with Gasteiger partial charge in [-0.25, -0.2) is 9.97 Å². The number of anilines is 1. The third-order valence-electron chi connectivity index (χ3n) is 3.05. The maximum absolute atomic E-state index is 12.1. The molecule has 2 N–H and O–H groups in total. The second-order valence-corrected chi connectivity index (χ2v) is 4.88. The van der Waals surface area contributed by atoms with Crippen LogP contribution in [0.15, 0.2) is 36.7 Å². The highest BCUT2D eigenvalue weighted by Crippen LogP contribution is 2.06. The first kappa shape index (κ1) is 15.9. The lowest BCUT2D eigenvalue weighted by atomic mass is 10.1. The fraction of sp³-hybridized carbons (Fsp3) is 0.312. The Labute approximate surface area is 129 Å². The molecule has 0 spiro atoms. The SMILES string of the molecule is COCCNc1cc(C(=O)NCc2cccc(C)c2)ncn1. The number of nitrogens with one attached hydrogen (secondary N) is 2. The maximum Gasteiger partial charge on any atom is 0.270 e. The molecule has 0 saturated heterocycles. The minimum absolute atomic E-state index is 0.223. The van der Waals surface area contributed by atoms with Crippen molar-refractivity contribution in [3.05, 3.63) is 53.5 Å². The van der Waals surface area contributed by atoms with Gasteiger partial charge >= 0.3 is 0 Å². The minimum Gasteiger partial charge on any atom is -0.383 e. The number of hydrogen-bond donors (Lipinski definition) is 2. The summed E-state index contributed by atoms with van der Waals surface area (Å²) in [5.74, 6) is 0.381. The largest absolute Gasteiger partial charge is 0.383 e. The van der Waals surface area contributed by atoms with Crippen molar-refractivity contribution < 1.29 is 9.53 Å². The van der Waals surface area contributed by atoms with Crippen LogP contribution in [0.5, 0.6) is 0 Å². The van der Waals surface area contributed by atoms with Crippen molar-refractivity contribution >= 4 is 11.7 Å². The van der Waals surface area contributed by atoms with Gasteiger partial charge in [0.05, 0.1) is 6.61 Å². The van der Waals surface area contributed by atoms with Crippen molar-refractivity contribution in [3.63, 3.8) is 0 Å². The van der Waals surface area contributed by atoms with Gasteiger partial charge in [-0.3, -0.25) is 4.79 Å². The van der Waals surface area contributed by atoms with E-state index in [0.717, 1.165) is 5.56 Å².